The number of hydrogen-bond acceptors (Lipinski definition) is 6. The molecule has 158 valence electrons. The van der Waals surface area contributed by atoms with E-state index in [9.17, 15) is 4.39 Å². The molecule has 1 aliphatic rings. The monoisotopic (exact) mass is 422 g/mol. The molecule has 0 amide bonds. The molecule has 0 N–H and O–H groups in total. The SMILES string of the molecule is COc1ccc(COC[C@H]2SC(OC)[C@H](F)[C@@H]2OCc2ccc(OC)cc2)cc1. The van der Waals surface area contributed by atoms with E-state index in [-0.39, 0.29) is 5.25 Å². The molecule has 0 saturated carbocycles. The van der Waals surface area contributed by atoms with E-state index < -0.39 is 17.7 Å². The minimum Gasteiger partial charge on any atom is -0.497 e. The lowest BCUT2D eigenvalue weighted by atomic mass is 10.1. The zero-order valence-electron chi connectivity index (χ0n) is 16.9. The molecular weight excluding hydrogens is 395 g/mol. The van der Waals surface area contributed by atoms with Crippen LogP contribution in [0.3, 0.4) is 0 Å². The van der Waals surface area contributed by atoms with Crippen LogP contribution >= 0.6 is 11.8 Å². The van der Waals surface area contributed by atoms with Gasteiger partial charge in [0.2, 0.25) is 0 Å². The third kappa shape index (κ3) is 5.85. The average molecular weight is 423 g/mol. The van der Waals surface area contributed by atoms with Gasteiger partial charge in [-0.3, -0.25) is 0 Å². The van der Waals surface area contributed by atoms with Crippen LogP contribution in [-0.2, 0) is 27.4 Å². The number of benzene rings is 2. The molecule has 7 heteroatoms. The summed E-state index contributed by atoms with van der Waals surface area (Å²) in [4.78, 5) is 0. The van der Waals surface area contributed by atoms with Crippen LogP contribution in [0.4, 0.5) is 4.39 Å². The second kappa shape index (κ2) is 10.8. The molecule has 0 bridgehead atoms. The highest BCUT2D eigenvalue weighted by Gasteiger charge is 2.45. The standard InChI is InChI=1S/C22H27FO5S/c1-24-17-8-4-15(5-9-17)12-27-14-19-21(20(23)22(26-3)29-19)28-13-16-6-10-18(25-2)11-7-16/h4-11,19-22H,12-14H2,1-3H3/t19-,20-,21-,22?/m1/s1. The molecule has 4 atom stereocenters. The van der Waals surface area contributed by atoms with Crippen LogP contribution in [0.15, 0.2) is 48.5 Å². The van der Waals surface area contributed by atoms with Crippen LogP contribution < -0.4 is 9.47 Å². The topological polar surface area (TPSA) is 46.2 Å². The van der Waals surface area contributed by atoms with Gasteiger partial charge in [0.25, 0.3) is 0 Å². The largest absolute Gasteiger partial charge is 0.497 e. The normalized spacial score (nSPS) is 23.9. The summed E-state index contributed by atoms with van der Waals surface area (Å²) in [6, 6.07) is 15.2. The molecule has 2 aromatic carbocycles. The van der Waals surface area contributed by atoms with Gasteiger partial charge < -0.3 is 23.7 Å². The highest BCUT2D eigenvalue weighted by molar-refractivity contribution is 8.00. The second-order valence-corrected chi connectivity index (χ2v) is 8.05. The van der Waals surface area contributed by atoms with E-state index >= 15 is 0 Å². The number of thioether (sulfide) groups is 1. The van der Waals surface area contributed by atoms with Gasteiger partial charge in [-0.2, -0.15) is 0 Å². The molecule has 3 rings (SSSR count). The van der Waals surface area contributed by atoms with Gasteiger partial charge >= 0.3 is 0 Å². The van der Waals surface area contributed by atoms with E-state index in [1.165, 1.54) is 18.9 Å². The zero-order valence-corrected chi connectivity index (χ0v) is 17.7. The van der Waals surface area contributed by atoms with Gasteiger partial charge in [-0.15, -0.1) is 11.8 Å². The molecule has 1 heterocycles. The fourth-order valence-electron chi connectivity index (χ4n) is 3.13. The van der Waals surface area contributed by atoms with Crippen molar-refractivity contribution in [3.05, 3.63) is 59.7 Å². The van der Waals surface area contributed by atoms with Crippen LogP contribution in [-0.4, -0.2) is 50.9 Å². The Morgan fingerprint density at radius 2 is 1.38 bits per heavy atom. The summed E-state index contributed by atoms with van der Waals surface area (Å²) in [6.07, 6.45) is -1.80. The smallest absolute Gasteiger partial charge is 0.163 e. The van der Waals surface area contributed by atoms with Gasteiger partial charge in [-0.25, -0.2) is 4.39 Å². The number of alkyl halides is 1. The number of ether oxygens (including phenoxy) is 5. The van der Waals surface area contributed by atoms with E-state index in [4.69, 9.17) is 23.7 Å². The quantitative estimate of drug-likeness (QED) is 0.571. The Balaban J connectivity index is 1.54. The van der Waals surface area contributed by atoms with E-state index in [0.29, 0.717) is 19.8 Å². The maximum atomic E-state index is 14.8. The summed E-state index contributed by atoms with van der Waals surface area (Å²) >= 11 is 1.42. The summed E-state index contributed by atoms with van der Waals surface area (Å²) in [5.74, 6) is 1.58. The maximum absolute atomic E-state index is 14.8. The van der Waals surface area contributed by atoms with Crippen LogP contribution in [0.5, 0.6) is 11.5 Å². The molecule has 1 saturated heterocycles. The van der Waals surface area contributed by atoms with Crippen molar-refractivity contribution in [1.29, 1.82) is 0 Å². The molecule has 1 unspecified atom stereocenters. The second-order valence-electron chi connectivity index (χ2n) is 6.71. The number of rotatable bonds is 10. The average Bonchev–Trinajstić information content (AvgIpc) is 3.07. The molecule has 0 radical (unpaired) electrons. The number of hydrogen-bond donors (Lipinski definition) is 0. The van der Waals surface area contributed by atoms with Crippen molar-refractivity contribution in [2.45, 2.75) is 36.2 Å². The summed E-state index contributed by atoms with van der Waals surface area (Å²) in [5, 5.41) is -0.147. The fraction of sp³-hybridized carbons (Fsp3) is 0.455. The van der Waals surface area contributed by atoms with Crippen LogP contribution in [0, 0.1) is 0 Å². The number of halogens is 1. The summed E-state index contributed by atoms with van der Waals surface area (Å²) in [5.41, 5.74) is 1.44. The first-order valence-corrected chi connectivity index (χ1v) is 10.4. The highest BCUT2D eigenvalue weighted by atomic mass is 32.2. The van der Waals surface area contributed by atoms with E-state index in [1.54, 1.807) is 14.2 Å². The van der Waals surface area contributed by atoms with E-state index in [0.717, 1.165) is 22.6 Å². The van der Waals surface area contributed by atoms with Crippen molar-refractivity contribution in [3.63, 3.8) is 0 Å². The summed E-state index contributed by atoms with van der Waals surface area (Å²) in [6.45, 7) is 1.15. The predicted octanol–water partition coefficient (Wildman–Crippen LogP) is 4.23. The van der Waals surface area contributed by atoms with Gasteiger partial charge in [-0.1, -0.05) is 24.3 Å². The molecule has 2 aromatic rings. The Hall–Kier alpha value is -1.80. The van der Waals surface area contributed by atoms with E-state index in [2.05, 4.69) is 0 Å². The van der Waals surface area contributed by atoms with Crippen LogP contribution in [0.1, 0.15) is 11.1 Å². The lowest BCUT2D eigenvalue weighted by Gasteiger charge is -2.21. The lowest BCUT2D eigenvalue weighted by molar-refractivity contribution is -0.0447. The third-order valence-corrected chi connectivity index (χ3v) is 6.27. The van der Waals surface area contributed by atoms with Crippen molar-refractivity contribution in [1.82, 2.24) is 0 Å². The van der Waals surface area contributed by atoms with Gasteiger partial charge in [0, 0.05) is 7.11 Å². The van der Waals surface area contributed by atoms with Gasteiger partial charge in [-0.05, 0) is 35.4 Å². The maximum Gasteiger partial charge on any atom is 0.163 e. The Kier molecular flexibility index (Phi) is 8.18. The Bertz CT molecular complexity index is 740. The highest BCUT2D eigenvalue weighted by Crippen LogP contribution is 2.39. The molecule has 0 aliphatic carbocycles. The first-order chi connectivity index (χ1) is 14.1. The van der Waals surface area contributed by atoms with Crippen molar-refractivity contribution >= 4 is 11.8 Å². The molecule has 29 heavy (non-hydrogen) atoms. The molecule has 0 spiro atoms. The minimum atomic E-state index is -1.21. The molecular formula is C22H27FO5S. The molecule has 1 aliphatic heterocycles. The lowest BCUT2D eigenvalue weighted by Crippen LogP contribution is -2.34. The first kappa shape index (κ1) is 21.9. The van der Waals surface area contributed by atoms with Crippen molar-refractivity contribution in [2.75, 3.05) is 27.9 Å². The summed E-state index contributed by atoms with van der Waals surface area (Å²) in [7, 11) is 4.77. The Morgan fingerprint density at radius 1 is 0.828 bits per heavy atom. The minimum absolute atomic E-state index is 0.147. The van der Waals surface area contributed by atoms with Crippen molar-refractivity contribution < 1.29 is 28.1 Å². The van der Waals surface area contributed by atoms with Gasteiger partial charge in [0.05, 0.1) is 39.3 Å². The number of methoxy groups -OCH3 is 3. The fourth-order valence-corrected chi connectivity index (χ4v) is 4.45. The van der Waals surface area contributed by atoms with E-state index in [1.807, 2.05) is 48.5 Å². The molecule has 5 nitrogen and oxygen atoms in total. The summed E-state index contributed by atoms with van der Waals surface area (Å²) < 4.78 is 42.2. The zero-order chi connectivity index (χ0) is 20.6. The first-order valence-electron chi connectivity index (χ1n) is 9.42. The Labute approximate surface area is 175 Å². The van der Waals surface area contributed by atoms with Crippen LogP contribution in [0.2, 0.25) is 0 Å². The van der Waals surface area contributed by atoms with Gasteiger partial charge in [0.15, 0.2) is 6.17 Å². The van der Waals surface area contributed by atoms with Crippen molar-refractivity contribution in [3.8, 4) is 11.5 Å². The van der Waals surface area contributed by atoms with Gasteiger partial charge in [0.1, 0.15) is 23.0 Å². The van der Waals surface area contributed by atoms with Crippen molar-refractivity contribution in [2.24, 2.45) is 0 Å². The molecule has 1 fully saturated rings. The predicted molar refractivity (Wildman–Crippen MR) is 111 cm³/mol. The molecule has 0 aromatic heterocycles. The third-order valence-electron chi connectivity index (χ3n) is 4.79. The Morgan fingerprint density at radius 3 is 1.90 bits per heavy atom. The van der Waals surface area contributed by atoms with Crippen LogP contribution in [0.25, 0.3) is 0 Å².